The van der Waals surface area contributed by atoms with Crippen molar-refractivity contribution in [1.29, 1.82) is 0 Å². The fraction of sp³-hybridized carbons (Fsp3) is 0.821. The van der Waals surface area contributed by atoms with E-state index in [-0.39, 0.29) is 51.7 Å². The van der Waals surface area contributed by atoms with Crippen molar-refractivity contribution in [1.82, 2.24) is 5.32 Å². The van der Waals surface area contributed by atoms with E-state index in [1.165, 1.54) is 77.0 Å². The zero-order chi connectivity index (χ0) is 50.7. The molecule has 0 radical (unpaired) electrons. The van der Waals surface area contributed by atoms with Crippen molar-refractivity contribution < 1.29 is 52.5 Å². The molecular formula is C56H99NO11. The summed E-state index contributed by atoms with van der Waals surface area (Å²) in [6.45, 7) is 14.2. The molecule has 0 aliphatic carbocycles. The van der Waals surface area contributed by atoms with Gasteiger partial charge in [-0.05, 0) is 112 Å². The molecule has 1 N–H and O–H groups in total. The predicted octanol–water partition coefficient (Wildman–Crippen LogP) is 13.8. The maximum Gasteiger partial charge on any atom is 0.329 e. The van der Waals surface area contributed by atoms with Gasteiger partial charge >= 0.3 is 29.8 Å². The van der Waals surface area contributed by atoms with E-state index in [1.54, 1.807) is 41.5 Å². The van der Waals surface area contributed by atoms with Gasteiger partial charge in [0.15, 0.2) is 6.10 Å². The van der Waals surface area contributed by atoms with E-state index in [2.05, 4.69) is 43.5 Å². The Morgan fingerprint density at radius 2 is 0.809 bits per heavy atom. The number of unbranched alkanes of at least 4 members (excludes halogenated alkanes) is 22. The second kappa shape index (κ2) is 42.2. The molecule has 0 aliphatic heterocycles. The van der Waals surface area contributed by atoms with Gasteiger partial charge in [-0.2, -0.15) is 0 Å². The van der Waals surface area contributed by atoms with Crippen molar-refractivity contribution in [3.8, 4) is 0 Å². The van der Waals surface area contributed by atoms with Crippen molar-refractivity contribution >= 4 is 35.8 Å². The van der Waals surface area contributed by atoms with E-state index in [4.69, 9.17) is 23.7 Å². The standard InChI is InChI=1S/C56H99NO11/c1-9-11-13-15-17-19-21-23-25-27-29-31-33-35-37-39-50(59)64-45-47(66-52(61)40-38-36-34-32-30-28-26-24-22-20-18-16-14-12-10-2)46-65-51(60)44-42-49(58)57-48(54(63)68-56(6,7)8)41-43-53(62)67-55(3,4)5/h23-26,47-48H,9-22,27-46H2,1-8H3,(H,57,58)/t47-,48?/m0/s1. The number of hydrogen-bond acceptors (Lipinski definition) is 11. The third-order valence-corrected chi connectivity index (χ3v) is 11.1. The molecule has 394 valence electrons. The maximum absolute atomic E-state index is 12.9. The molecule has 0 saturated heterocycles. The summed E-state index contributed by atoms with van der Waals surface area (Å²) in [5.41, 5.74) is -1.55. The average Bonchev–Trinajstić information content (AvgIpc) is 3.26. The molecule has 0 aromatic heterocycles. The summed E-state index contributed by atoms with van der Waals surface area (Å²) in [5, 5.41) is 2.58. The molecule has 2 atom stereocenters. The van der Waals surface area contributed by atoms with E-state index >= 15 is 0 Å². The average molecular weight is 962 g/mol. The van der Waals surface area contributed by atoms with Gasteiger partial charge in [-0.3, -0.25) is 24.0 Å². The molecule has 0 saturated carbocycles. The highest BCUT2D eigenvalue weighted by atomic mass is 16.6. The molecule has 0 fully saturated rings. The topological polar surface area (TPSA) is 161 Å². The monoisotopic (exact) mass is 962 g/mol. The molecule has 0 aliphatic rings. The number of carbonyl (C=O) groups excluding carboxylic acids is 6. The summed E-state index contributed by atoms with van der Waals surface area (Å²) in [5.74, 6) is -3.46. The van der Waals surface area contributed by atoms with Gasteiger partial charge in [-0.25, -0.2) is 4.79 Å². The normalized spacial score (nSPS) is 12.8. The minimum Gasteiger partial charge on any atom is -0.462 e. The van der Waals surface area contributed by atoms with Crippen molar-refractivity contribution in [3.63, 3.8) is 0 Å². The highest BCUT2D eigenvalue weighted by Gasteiger charge is 2.29. The van der Waals surface area contributed by atoms with Gasteiger partial charge in [0.2, 0.25) is 5.91 Å². The summed E-state index contributed by atoms with van der Waals surface area (Å²) >= 11 is 0. The molecular weight excluding hydrogens is 863 g/mol. The van der Waals surface area contributed by atoms with Crippen LogP contribution in [0.15, 0.2) is 24.3 Å². The number of ether oxygens (including phenoxy) is 5. The van der Waals surface area contributed by atoms with Crippen LogP contribution in [-0.4, -0.2) is 72.3 Å². The highest BCUT2D eigenvalue weighted by molar-refractivity contribution is 5.87. The third kappa shape index (κ3) is 44.8. The Kier molecular flexibility index (Phi) is 39.9. The molecule has 0 heterocycles. The number of esters is 5. The predicted molar refractivity (Wildman–Crippen MR) is 273 cm³/mol. The number of allylic oxidation sites excluding steroid dienone is 4. The van der Waals surface area contributed by atoms with Crippen LogP contribution >= 0.6 is 0 Å². The molecule has 0 aromatic carbocycles. The van der Waals surface area contributed by atoms with Gasteiger partial charge in [-0.1, -0.05) is 141 Å². The van der Waals surface area contributed by atoms with Crippen LogP contribution in [0.5, 0.6) is 0 Å². The first-order valence-corrected chi connectivity index (χ1v) is 27.0. The fourth-order valence-electron chi connectivity index (χ4n) is 7.32. The summed E-state index contributed by atoms with van der Waals surface area (Å²) in [7, 11) is 0. The van der Waals surface area contributed by atoms with E-state index in [0.717, 1.165) is 77.0 Å². The lowest BCUT2D eigenvalue weighted by Gasteiger charge is -2.25. The molecule has 12 heteroatoms. The summed E-state index contributed by atoms with van der Waals surface area (Å²) in [4.78, 5) is 76.6. The van der Waals surface area contributed by atoms with Crippen LogP contribution in [0.2, 0.25) is 0 Å². The lowest BCUT2D eigenvalue weighted by atomic mass is 10.1. The maximum atomic E-state index is 12.9. The Bertz CT molecular complexity index is 1390. The summed E-state index contributed by atoms with van der Waals surface area (Å²) in [6, 6.07) is -1.14. The Morgan fingerprint density at radius 1 is 0.426 bits per heavy atom. The van der Waals surface area contributed by atoms with Crippen molar-refractivity contribution in [2.24, 2.45) is 0 Å². The van der Waals surface area contributed by atoms with E-state index in [1.807, 2.05) is 0 Å². The summed E-state index contributed by atoms with van der Waals surface area (Å²) in [6.07, 6.45) is 37.7. The minimum absolute atomic E-state index is 0.0555. The molecule has 0 rings (SSSR count). The third-order valence-electron chi connectivity index (χ3n) is 11.1. The molecule has 12 nitrogen and oxygen atoms in total. The zero-order valence-corrected chi connectivity index (χ0v) is 44.5. The molecule has 1 amide bonds. The van der Waals surface area contributed by atoms with Crippen molar-refractivity contribution in [2.75, 3.05) is 13.2 Å². The Labute approximate surface area is 414 Å². The van der Waals surface area contributed by atoms with Gasteiger partial charge in [-0.15, -0.1) is 0 Å². The first-order chi connectivity index (χ1) is 32.5. The van der Waals surface area contributed by atoms with Crippen LogP contribution in [-0.2, 0) is 52.5 Å². The second-order valence-corrected chi connectivity index (χ2v) is 20.4. The number of amides is 1. The lowest BCUT2D eigenvalue weighted by molar-refractivity contribution is -0.167. The summed E-state index contributed by atoms with van der Waals surface area (Å²) < 4.78 is 27.3. The minimum atomic E-state index is -1.14. The van der Waals surface area contributed by atoms with Gasteiger partial charge in [0.1, 0.15) is 30.5 Å². The van der Waals surface area contributed by atoms with E-state index < -0.39 is 59.1 Å². The molecule has 68 heavy (non-hydrogen) atoms. The molecule has 0 aromatic rings. The number of carbonyl (C=O) groups is 6. The van der Waals surface area contributed by atoms with E-state index in [9.17, 15) is 28.8 Å². The SMILES string of the molecule is CCCCCCCCC=CCCCCCCCC(=O)OC[C@@H](COC(=O)CCC(=O)NC(CCC(=O)OC(C)(C)C)C(=O)OC(C)(C)C)OC(=O)CCCCCCCC=CCCCCCCCC. The van der Waals surface area contributed by atoms with Crippen LogP contribution in [0.25, 0.3) is 0 Å². The van der Waals surface area contributed by atoms with Gasteiger partial charge in [0.05, 0.1) is 6.42 Å². The fourth-order valence-corrected chi connectivity index (χ4v) is 7.32. The van der Waals surface area contributed by atoms with Gasteiger partial charge in [0, 0.05) is 25.7 Å². The van der Waals surface area contributed by atoms with E-state index in [0.29, 0.717) is 12.8 Å². The number of hydrogen-bond donors (Lipinski definition) is 1. The highest BCUT2D eigenvalue weighted by Crippen LogP contribution is 2.16. The van der Waals surface area contributed by atoms with Gasteiger partial charge < -0.3 is 29.0 Å². The van der Waals surface area contributed by atoms with Crippen LogP contribution in [0.4, 0.5) is 0 Å². The van der Waals surface area contributed by atoms with Crippen molar-refractivity contribution in [3.05, 3.63) is 24.3 Å². The Morgan fingerprint density at radius 3 is 1.24 bits per heavy atom. The second-order valence-electron chi connectivity index (χ2n) is 20.4. The Balaban J connectivity index is 4.98. The van der Waals surface area contributed by atoms with Crippen LogP contribution in [0.3, 0.4) is 0 Å². The lowest BCUT2D eigenvalue weighted by Crippen LogP contribution is -2.44. The zero-order valence-electron chi connectivity index (χ0n) is 44.5. The first-order valence-electron chi connectivity index (χ1n) is 27.0. The molecule has 1 unspecified atom stereocenters. The first kappa shape index (κ1) is 64.3. The largest absolute Gasteiger partial charge is 0.462 e. The number of nitrogens with one attached hydrogen (secondary N) is 1. The molecule has 0 bridgehead atoms. The van der Waals surface area contributed by atoms with Crippen LogP contribution < -0.4 is 5.32 Å². The molecule has 0 spiro atoms. The number of rotatable bonds is 43. The van der Waals surface area contributed by atoms with Crippen molar-refractivity contribution in [2.45, 2.75) is 284 Å². The van der Waals surface area contributed by atoms with Crippen LogP contribution in [0, 0.1) is 0 Å². The van der Waals surface area contributed by atoms with Gasteiger partial charge in [0.25, 0.3) is 0 Å². The quantitative estimate of drug-likeness (QED) is 0.0268. The Hall–Kier alpha value is -3.70. The smallest absolute Gasteiger partial charge is 0.329 e. The van der Waals surface area contributed by atoms with Crippen LogP contribution in [0.1, 0.15) is 261 Å².